The Morgan fingerprint density at radius 1 is 0.958 bits per heavy atom. The number of carbonyl (C=O) groups is 2. The smallest absolute Gasteiger partial charge is 0.308 e. The van der Waals surface area contributed by atoms with E-state index in [2.05, 4.69) is 6.92 Å². The Balaban J connectivity index is 2.42. The Kier molecular flexibility index (Phi) is 9.58. The summed E-state index contributed by atoms with van der Waals surface area (Å²) in [5.74, 6) is 0.349. The normalized spacial score (nSPS) is 11.6. The Labute approximate surface area is 144 Å². The highest BCUT2D eigenvalue weighted by atomic mass is 16.6. The first-order valence-corrected chi connectivity index (χ1v) is 8.60. The predicted molar refractivity (Wildman–Crippen MR) is 92.2 cm³/mol. The van der Waals surface area contributed by atoms with Crippen molar-refractivity contribution in [3.63, 3.8) is 0 Å². The molecule has 0 heterocycles. The fourth-order valence-electron chi connectivity index (χ4n) is 2.42. The van der Waals surface area contributed by atoms with Gasteiger partial charge in [0.15, 0.2) is 11.5 Å². The molecule has 1 rings (SSSR count). The second-order valence-corrected chi connectivity index (χ2v) is 5.76. The van der Waals surface area contributed by atoms with Crippen molar-refractivity contribution in [2.24, 2.45) is 0 Å². The fourth-order valence-corrected chi connectivity index (χ4v) is 2.42. The number of benzene rings is 1. The molecule has 0 saturated carbocycles. The molecule has 0 N–H and O–H groups in total. The molecule has 0 aliphatic heterocycles. The van der Waals surface area contributed by atoms with Crippen LogP contribution in [0.4, 0.5) is 0 Å². The van der Waals surface area contributed by atoms with Crippen molar-refractivity contribution in [1.29, 1.82) is 0 Å². The van der Waals surface area contributed by atoms with Crippen molar-refractivity contribution in [1.82, 2.24) is 0 Å². The average molecular weight is 336 g/mol. The summed E-state index contributed by atoms with van der Waals surface area (Å²) in [6, 6.07) is 7.08. The first-order chi connectivity index (χ1) is 11.5. The molecular formula is C19H28O5. The van der Waals surface area contributed by atoms with Gasteiger partial charge < -0.3 is 14.2 Å². The second kappa shape index (κ2) is 11.5. The largest absolute Gasteiger partial charge is 0.490 e. The molecule has 0 fully saturated rings. The Bertz CT molecular complexity index is 512. The van der Waals surface area contributed by atoms with Crippen molar-refractivity contribution in [2.75, 3.05) is 6.61 Å². The van der Waals surface area contributed by atoms with E-state index < -0.39 is 0 Å². The Hall–Kier alpha value is -2.04. The van der Waals surface area contributed by atoms with Crippen LogP contribution in [0.15, 0.2) is 24.3 Å². The number of hydrogen-bond acceptors (Lipinski definition) is 5. The first-order valence-electron chi connectivity index (χ1n) is 8.60. The topological polar surface area (TPSA) is 61.8 Å². The standard InChI is InChI=1S/C19H28O5/c1-4-5-6-10-17(23-15(2)20)11-9-14-22-18-12-7-8-13-19(18)24-16(3)21/h7-8,12-13,17H,4-6,9-11,14H2,1-3H3. The molecule has 5 nitrogen and oxygen atoms in total. The van der Waals surface area contributed by atoms with Gasteiger partial charge in [-0.25, -0.2) is 0 Å². The molecular weight excluding hydrogens is 308 g/mol. The monoisotopic (exact) mass is 336 g/mol. The summed E-state index contributed by atoms with van der Waals surface area (Å²) >= 11 is 0. The van der Waals surface area contributed by atoms with Gasteiger partial charge in [0.2, 0.25) is 0 Å². The molecule has 0 amide bonds. The average Bonchev–Trinajstić information content (AvgIpc) is 2.52. The van der Waals surface area contributed by atoms with Gasteiger partial charge in [-0.05, 0) is 37.8 Å². The summed E-state index contributed by atoms with van der Waals surface area (Å²) in [6.07, 6.45) is 5.70. The van der Waals surface area contributed by atoms with Crippen LogP contribution in [-0.2, 0) is 14.3 Å². The molecule has 0 spiro atoms. The molecule has 134 valence electrons. The highest BCUT2D eigenvalue weighted by molar-refractivity contribution is 5.70. The summed E-state index contributed by atoms with van der Waals surface area (Å²) < 4.78 is 16.2. The minimum absolute atomic E-state index is 0.0543. The zero-order valence-electron chi connectivity index (χ0n) is 14.9. The lowest BCUT2D eigenvalue weighted by Crippen LogP contribution is -2.17. The van der Waals surface area contributed by atoms with Gasteiger partial charge in [0.1, 0.15) is 6.10 Å². The number of ether oxygens (including phenoxy) is 3. The number of unbranched alkanes of at least 4 members (excludes halogenated alkanes) is 2. The molecule has 0 bridgehead atoms. The van der Waals surface area contributed by atoms with Crippen molar-refractivity contribution in [3.05, 3.63) is 24.3 Å². The molecule has 0 radical (unpaired) electrons. The molecule has 0 saturated heterocycles. The van der Waals surface area contributed by atoms with E-state index in [4.69, 9.17) is 14.2 Å². The number of carbonyl (C=O) groups excluding carboxylic acids is 2. The molecule has 1 unspecified atom stereocenters. The summed E-state index contributed by atoms with van der Waals surface area (Å²) in [7, 11) is 0. The van der Waals surface area contributed by atoms with Gasteiger partial charge in [0.25, 0.3) is 0 Å². The van der Waals surface area contributed by atoms with Gasteiger partial charge in [-0.3, -0.25) is 9.59 Å². The van der Waals surface area contributed by atoms with Crippen LogP contribution in [0.2, 0.25) is 0 Å². The summed E-state index contributed by atoms with van der Waals surface area (Å²) in [6.45, 7) is 5.43. The molecule has 0 aromatic heterocycles. The summed E-state index contributed by atoms with van der Waals surface area (Å²) in [4.78, 5) is 22.3. The van der Waals surface area contributed by atoms with Crippen molar-refractivity contribution >= 4 is 11.9 Å². The van der Waals surface area contributed by atoms with Crippen molar-refractivity contribution < 1.29 is 23.8 Å². The second-order valence-electron chi connectivity index (χ2n) is 5.76. The lowest BCUT2D eigenvalue weighted by Gasteiger charge is -2.17. The molecule has 5 heteroatoms. The maximum atomic E-state index is 11.2. The SMILES string of the molecule is CCCCCC(CCCOc1ccccc1OC(C)=O)OC(C)=O. The highest BCUT2D eigenvalue weighted by Crippen LogP contribution is 2.26. The van der Waals surface area contributed by atoms with Gasteiger partial charge in [-0.15, -0.1) is 0 Å². The van der Waals surface area contributed by atoms with Gasteiger partial charge >= 0.3 is 11.9 Å². The van der Waals surface area contributed by atoms with E-state index in [1.54, 1.807) is 18.2 Å². The molecule has 1 aromatic carbocycles. The van der Waals surface area contributed by atoms with Crippen LogP contribution in [0.3, 0.4) is 0 Å². The number of esters is 2. The molecule has 24 heavy (non-hydrogen) atoms. The maximum Gasteiger partial charge on any atom is 0.308 e. The van der Waals surface area contributed by atoms with E-state index in [-0.39, 0.29) is 18.0 Å². The van der Waals surface area contributed by atoms with E-state index in [0.717, 1.165) is 38.5 Å². The zero-order chi connectivity index (χ0) is 17.8. The third kappa shape index (κ3) is 8.56. The van der Waals surface area contributed by atoms with Crippen LogP contribution >= 0.6 is 0 Å². The van der Waals surface area contributed by atoms with Crippen LogP contribution < -0.4 is 9.47 Å². The van der Waals surface area contributed by atoms with Gasteiger partial charge in [0.05, 0.1) is 6.61 Å². The van der Waals surface area contributed by atoms with Gasteiger partial charge in [-0.2, -0.15) is 0 Å². The zero-order valence-corrected chi connectivity index (χ0v) is 14.9. The van der Waals surface area contributed by atoms with E-state index in [0.29, 0.717) is 18.1 Å². The lowest BCUT2D eigenvalue weighted by atomic mass is 10.1. The van der Waals surface area contributed by atoms with E-state index in [1.807, 2.05) is 6.07 Å². The molecule has 1 atom stereocenters. The van der Waals surface area contributed by atoms with E-state index in [9.17, 15) is 9.59 Å². The summed E-state index contributed by atoms with van der Waals surface area (Å²) in [5.41, 5.74) is 0. The molecule has 0 aliphatic rings. The number of rotatable bonds is 11. The van der Waals surface area contributed by atoms with E-state index >= 15 is 0 Å². The first kappa shape index (κ1) is 20.0. The minimum Gasteiger partial charge on any atom is -0.490 e. The van der Waals surface area contributed by atoms with Crippen LogP contribution in [0.1, 0.15) is 59.3 Å². The highest BCUT2D eigenvalue weighted by Gasteiger charge is 2.12. The van der Waals surface area contributed by atoms with Crippen LogP contribution in [0, 0.1) is 0 Å². The quantitative estimate of drug-likeness (QED) is 0.343. The van der Waals surface area contributed by atoms with Crippen LogP contribution in [0.5, 0.6) is 11.5 Å². The Morgan fingerprint density at radius 2 is 1.62 bits per heavy atom. The maximum absolute atomic E-state index is 11.2. The number of hydrogen-bond donors (Lipinski definition) is 0. The number of para-hydroxylation sites is 2. The third-order valence-corrected chi connectivity index (χ3v) is 3.49. The Morgan fingerprint density at radius 3 is 2.25 bits per heavy atom. The lowest BCUT2D eigenvalue weighted by molar-refractivity contribution is -0.147. The summed E-state index contributed by atoms with van der Waals surface area (Å²) in [5, 5.41) is 0. The van der Waals surface area contributed by atoms with Crippen molar-refractivity contribution in [2.45, 2.75) is 65.4 Å². The van der Waals surface area contributed by atoms with E-state index in [1.165, 1.54) is 13.8 Å². The van der Waals surface area contributed by atoms with Crippen LogP contribution in [-0.4, -0.2) is 24.6 Å². The van der Waals surface area contributed by atoms with Crippen LogP contribution in [0.25, 0.3) is 0 Å². The van der Waals surface area contributed by atoms with Gasteiger partial charge in [0, 0.05) is 13.8 Å². The van der Waals surface area contributed by atoms with Gasteiger partial charge in [-0.1, -0.05) is 31.9 Å². The fraction of sp³-hybridized carbons (Fsp3) is 0.579. The molecule has 0 aliphatic carbocycles. The minimum atomic E-state index is -0.378. The molecule has 1 aromatic rings. The third-order valence-electron chi connectivity index (χ3n) is 3.49. The van der Waals surface area contributed by atoms with Crippen molar-refractivity contribution in [3.8, 4) is 11.5 Å². The predicted octanol–water partition coefficient (Wildman–Crippen LogP) is 4.28.